The molecule has 0 unspecified atom stereocenters. The zero-order valence-corrected chi connectivity index (χ0v) is 10.2. The maximum absolute atomic E-state index is 12.1. The highest BCUT2D eigenvalue weighted by atomic mass is 16.5. The number of rotatable bonds is 2. The molecule has 2 aromatic heterocycles. The molecule has 2 N–H and O–H groups in total. The van der Waals surface area contributed by atoms with E-state index in [0.717, 1.165) is 0 Å². The van der Waals surface area contributed by atoms with Crippen LogP contribution in [0.15, 0.2) is 28.9 Å². The Labute approximate surface area is 109 Å². The second-order valence-corrected chi connectivity index (χ2v) is 4.51. The van der Waals surface area contributed by atoms with Crippen molar-refractivity contribution < 1.29 is 19.1 Å². The zero-order valence-electron chi connectivity index (χ0n) is 10.2. The van der Waals surface area contributed by atoms with Crippen molar-refractivity contribution in [3.05, 3.63) is 30.2 Å². The molecule has 0 saturated carbocycles. The number of fused-ring (bicyclic) bond motifs is 1. The highest BCUT2D eigenvalue weighted by molar-refractivity contribution is 5.94. The lowest BCUT2D eigenvalue weighted by atomic mass is 10.1. The molecule has 0 radical (unpaired) electrons. The minimum atomic E-state index is -0.671. The lowest BCUT2D eigenvalue weighted by Crippen LogP contribution is -2.48. The molecule has 0 spiro atoms. The molecule has 3 rings (SSSR count). The number of nitrogens with zero attached hydrogens (tertiary/aromatic N) is 1. The largest absolute Gasteiger partial charge is 0.463 e. The van der Waals surface area contributed by atoms with E-state index < -0.39 is 6.10 Å². The van der Waals surface area contributed by atoms with Gasteiger partial charge in [-0.15, -0.1) is 0 Å². The third kappa shape index (κ3) is 2.45. The van der Waals surface area contributed by atoms with Crippen molar-refractivity contribution >= 4 is 17.0 Å². The summed E-state index contributed by atoms with van der Waals surface area (Å²) in [4.78, 5) is 16.3. The summed E-state index contributed by atoms with van der Waals surface area (Å²) in [5.74, 6) is -0.297. The van der Waals surface area contributed by atoms with Gasteiger partial charge in [0.2, 0.25) is 0 Å². The summed E-state index contributed by atoms with van der Waals surface area (Å²) in [6.45, 7) is 0.787. The topological polar surface area (TPSA) is 84.6 Å². The predicted octanol–water partition coefficient (Wildman–Crippen LogP) is 0.707. The predicted molar refractivity (Wildman–Crippen MR) is 66.7 cm³/mol. The normalized spacial score (nSPS) is 23.4. The first kappa shape index (κ1) is 12.1. The third-order valence-corrected chi connectivity index (χ3v) is 3.18. The Kier molecular flexibility index (Phi) is 3.18. The van der Waals surface area contributed by atoms with Crippen LogP contribution in [0.2, 0.25) is 0 Å². The van der Waals surface area contributed by atoms with Crippen molar-refractivity contribution in [1.29, 1.82) is 0 Å². The number of aromatic nitrogens is 1. The summed E-state index contributed by atoms with van der Waals surface area (Å²) in [5, 5.41) is 12.5. The van der Waals surface area contributed by atoms with Crippen LogP contribution < -0.4 is 5.32 Å². The molecule has 2 atom stereocenters. The molecule has 1 saturated heterocycles. The Balaban J connectivity index is 1.75. The van der Waals surface area contributed by atoms with Gasteiger partial charge in [0.25, 0.3) is 5.91 Å². The van der Waals surface area contributed by atoms with Gasteiger partial charge >= 0.3 is 0 Å². The number of ether oxygens (including phenoxy) is 1. The molecule has 1 amide bonds. The van der Waals surface area contributed by atoms with Crippen molar-refractivity contribution in [2.45, 2.75) is 18.6 Å². The number of furan rings is 1. The summed E-state index contributed by atoms with van der Waals surface area (Å²) in [5.41, 5.74) is 1.59. The summed E-state index contributed by atoms with van der Waals surface area (Å²) in [7, 11) is 0. The molecular weight excluding hydrogens is 248 g/mol. The van der Waals surface area contributed by atoms with Gasteiger partial charge in [-0.3, -0.25) is 4.79 Å². The number of carbonyl (C=O) groups is 1. The van der Waals surface area contributed by atoms with Crippen LogP contribution in [-0.2, 0) is 4.74 Å². The zero-order chi connectivity index (χ0) is 13.2. The second kappa shape index (κ2) is 4.99. The van der Waals surface area contributed by atoms with Crippen LogP contribution in [-0.4, -0.2) is 41.4 Å². The molecule has 100 valence electrons. The van der Waals surface area contributed by atoms with Crippen LogP contribution >= 0.6 is 0 Å². The minimum Gasteiger partial charge on any atom is -0.463 e. The van der Waals surface area contributed by atoms with Crippen molar-refractivity contribution in [1.82, 2.24) is 10.3 Å². The SMILES string of the molecule is O=C(N[C@H]1CCOC[C@@H]1O)c1ccc2occc2n1. The molecule has 1 aliphatic rings. The lowest BCUT2D eigenvalue weighted by molar-refractivity contribution is -0.0261. The molecule has 3 heterocycles. The van der Waals surface area contributed by atoms with Crippen molar-refractivity contribution in [2.75, 3.05) is 13.2 Å². The molecule has 6 nitrogen and oxygen atoms in total. The first-order valence-electron chi connectivity index (χ1n) is 6.15. The van der Waals surface area contributed by atoms with E-state index in [2.05, 4.69) is 10.3 Å². The Bertz CT molecular complexity index is 595. The summed E-state index contributed by atoms with van der Waals surface area (Å²) < 4.78 is 10.3. The van der Waals surface area contributed by atoms with Crippen LogP contribution in [0.4, 0.5) is 0 Å². The van der Waals surface area contributed by atoms with Crippen molar-refractivity contribution in [2.24, 2.45) is 0 Å². The van der Waals surface area contributed by atoms with Gasteiger partial charge in [0.05, 0.1) is 25.0 Å². The average molecular weight is 262 g/mol. The Morgan fingerprint density at radius 3 is 3.16 bits per heavy atom. The van der Waals surface area contributed by atoms with Gasteiger partial charge in [-0.2, -0.15) is 0 Å². The first-order valence-corrected chi connectivity index (χ1v) is 6.15. The summed E-state index contributed by atoms with van der Waals surface area (Å²) >= 11 is 0. The van der Waals surface area contributed by atoms with Crippen molar-refractivity contribution in [3.8, 4) is 0 Å². The van der Waals surface area contributed by atoms with E-state index >= 15 is 0 Å². The number of carbonyl (C=O) groups excluding carboxylic acids is 1. The minimum absolute atomic E-state index is 0.249. The Morgan fingerprint density at radius 2 is 2.32 bits per heavy atom. The van der Waals surface area contributed by atoms with E-state index in [1.165, 1.54) is 6.26 Å². The van der Waals surface area contributed by atoms with E-state index in [4.69, 9.17) is 9.15 Å². The molecular formula is C13H14N2O4. The van der Waals surface area contributed by atoms with Gasteiger partial charge in [-0.25, -0.2) is 4.98 Å². The van der Waals surface area contributed by atoms with Gasteiger partial charge in [0, 0.05) is 12.7 Å². The standard InChI is InChI=1S/C13H14N2O4/c16-11-7-18-5-3-8(11)15-13(17)10-1-2-12-9(14-10)4-6-19-12/h1-2,4,6,8,11,16H,3,5,7H2,(H,15,17)/t8-,11-/m0/s1. The van der Waals surface area contributed by atoms with Crippen LogP contribution in [0.1, 0.15) is 16.9 Å². The molecule has 6 heteroatoms. The van der Waals surface area contributed by atoms with Gasteiger partial charge < -0.3 is 19.6 Å². The van der Waals surface area contributed by atoms with E-state index in [1.807, 2.05) is 0 Å². The number of hydrogen-bond acceptors (Lipinski definition) is 5. The van der Waals surface area contributed by atoms with Gasteiger partial charge in [-0.1, -0.05) is 0 Å². The maximum atomic E-state index is 12.1. The van der Waals surface area contributed by atoms with Gasteiger partial charge in [0.1, 0.15) is 11.2 Å². The number of aliphatic hydroxyl groups is 1. The van der Waals surface area contributed by atoms with E-state index in [1.54, 1.807) is 18.2 Å². The highest BCUT2D eigenvalue weighted by Crippen LogP contribution is 2.14. The van der Waals surface area contributed by atoms with E-state index in [0.29, 0.717) is 29.8 Å². The quantitative estimate of drug-likeness (QED) is 0.832. The monoisotopic (exact) mass is 262 g/mol. The van der Waals surface area contributed by atoms with Crippen LogP contribution in [0.5, 0.6) is 0 Å². The molecule has 0 bridgehead atoms. The fourth-order valence-electron chi connectivity index (χ4n) is 2.11. The maximum Gasteiger partial charge on any atom is 0.270 e. The molecule has 0 aromatic carbocycles. The van der Waals surface area contributed by atoms with E-state index in [-0.39, 0.29) is 18.6 Å². The average Bonchev–Trinajstić information content (AvgIpc) is 2.88. The molecule has 1 fully saturated rings. The molecule has 19 heavy (non-hydrogen) atoms. The van der Waals surface area contributed by atoms with Crippen LogP contribution in [0.3, 0.4) is 0 Å². The van der Waals surface area contributed by atoms with E-state index in [9.17, 15) is 9.90 Å². The summed E-state index contributed by atoms with van der Waals surface area (Å²) in [6, 6.07) is 4.73. The fourth-order valence-corrected chi connectivity index (χ4v) is 2.11. The van der Waals surface area contributed by atoms with Gasteiger partial charge in [0.15, 0.2) is 5.58 Å². The molecule has 0 aliphatic carbocycles. The summed E-state index contributed by atoms with van der Waals surface area (Å²) in [6.07, 6.45) is 1.46. The number of nitrogens with one attached hydrogen (secondary N) is 1. The molecule has 2 aromatic rings. The van der Waals surface area contributed by atoms with Crippen LogP contribution in [0, 0.1) is 0 Å². The number of pyridine rings is 1. The Morgan fingerprint density at radius 1 is 1.42 bits per heavy atom. The van der Waals surface area contributed by atoms with Crippen molar-refractivity contribution in [3.63, 3.8) is 0 Å². The lowest BCUT2D eigenvalue weighted by Gasteiger charge is -2.28. The number of hydrogen-bond donors (Lipinski definition) is 2. The second-order valence-electron chi connectivity index (χ2n) is 4.51. The molecule has 1 aliphatic heterocycles. The third-order valence-electron chi connectivity index (χ3n) is 3.18. The fraction of sp³-hybridized carbons (Fsp3) is 0.385. The smallest absolute Gasteiger partial charge is 0.270 e. The van der Waals surface area contributed by atoms with Gasteiger partial charge in [-0.05, 0) is 18.6 Å². The Hall–Kier alpha value is -1.92. The first-order chi connectivity index (χ1) is 9.24. The highest BCUT2D eigenvalue weighted by Gasteiger charge is 2.25. The van der Waals surface area contributed by atoms with Crippen LogP contribution in [0.25, 0.3) is 11.1 Å². The number of aliphatic hydroxyl groups excluding tert-OH is 1. The number of amides is 1.